The van der Waals surface area contributed by atoms with Crippen LogP contribution in [0.3, 0.4) is 0 Å². The number of ketones is 1. The molecule has 0 saturated heterocycles. The average molecular weight is 250 g/mol. The topological polar surface area (TPSA) is 89.3 Å². The molecule has 0 aliphatic heterocycles. The fourth-order valence-corrected chi connectivity index (χ4v) is 1.55. The third-order valence-electron chi connectivity index (χ3n) is 2.42. The number of nitrogens with one attached hydrogen (secondary N) is 1. The molecule has 1 aromatic carbocycles. The van der Waals surface area contributed by atoms with Gasteiger partial charge in [-0.3, -0.25) is 19.7 Å². The summed E-state index contributed by atoms with van der Waals surface area (Å²) >= 11 is 0. The summed E-state index contributed by atoms with van der Waals surface area (Å²) in [7, 11) is 0. The van der Waals surface area contributed by atoms with Gasteiger partial charge in [0.05, 0.1) is 11.3 Å². The standard InChI is InChI=1S/C12H14N2O4/c1-7-5-11(14(17)18)8(2)4-10(7)13-12(16)6-9(3)15/h4-5H,6H2,1-3H3,(H,13,16). The second-order valence-corrected chi connectivity index (χ2v) is 4.14. The van der Waals surface area contributed by atoms with Crippen LogP contribution in [0, 0.1) is 24.0 Å². The number of hydrogen-bond acceptors (Lipinski definition) is 4. The Bertz CT molecular complexity index is 523. The summed E-state index contributed by atoms with van der Waals surface area (Å²) in [6, 6.07) is 2.93. The second kappa shape index (κ2) is 5.39. The molecular formula is C12H14N2O4. The Kier molecular flexibility index (Phi) is 4.14. The Labute approximate surface area is 104 Å². The lowest BCUT2D eigenvalue weighted by atomic mass is 10.1. The number of nitro groups is 1. The van der Waals surface area contributed by atoms with E-state index in [9.17, 15) is 19.7 Å². The highest BCUT2D eigenvalue weighted by Crippen LogP contribution is 2.25. The Hall–Kier alpha value is -2.24. The molecule has 0 aromatic heterocycles. The van der Waals surface area contributed by atoms with E-state index in [1.807, 2.05) is 0 Å². The van der Waals surface area contributed by atoms with Gasteiger partial charge in [-0.1, -0.05) is 0 Å². The molecule has 1 rings (SSSR count). The number of aryl methyl sites for hydroxylation is 2. The van der Waals surface area contributed by atoms with Crippen molar-refractivity contribution in [3.8, 4) is 0 Å². The largest absolute Gasteiger partial charge is 0.325 e. The molecule has 1 aromatic rings. The Morgan fingerprint density at radius 3 is 2.39 bits per heavy atom. The van der Waals surface area contributed by atoms with Crippen LogP contribution in [0.5, 0.6) is 0 Å². The van der Waals surface area contributed by atoms with E-state index in [-0.39, 0.29) is 17.9 Å². The van der Waals surface area contributed by atoms with Crippen LogP contribution >= 0.6 is 0 Å². The summed E-state index contributed by atoms with van der Waals surface area (Å²) in [4.78, 5) is 32.5. The fraction of sp³-hybridized carbons (Fsp3) is 0.333. The van der Waals surface area contributed by atoms with E-state index in [1.54, 1.807) is 13.8 Å². The highest BCUT2D eigenvalue weighted by Gasteiger charge is 2.15. The number of nitrogens with zero attached hydrogens (tertiary/aromatic N) is 1. The first-order valence-corrected chi connectivity index (χ1v) is 5.36. The highest BCUT2D eigenvalue weighted by atomic mass is 16.6. The number of anilines is 1. The first-order chi connectivity index (χ1) is 8.31. The lowest BCUT2D eigenvalue weighted by Gasteiger charge is -2.09. The number of carbonyl (C=O) groups is 2. The van der Waals surface area contributed by atoms with Crippen LogP contribution in [0.4, 0.5) is 11.4 Å². The smallest absolute Gasteiger partial charge is 0.272 e. The van der Waals surface area contributed by atoms with Crippen molar-refractivity contribution >= 4 is 23.1 Å². The molecule has 96 valence electrons. The normalized spacial score (nSPS) is 9.94. The number of rotatable bonds is 4. The van der Waals surface area contributed by atoms with E-state index in [4.69, 9.17) is 0 Å². The van der Waals surface area contributed by atoms with Crippen LogP contribution in [0.25, 0.3) is 0 Å². The predicted octanol–water partition coefficient (Wildman–Crippen LogP) is 2.13. The van der Waals surface area contributed by atoms with E-state index in [0.29, 0.717) is 16.8 Å². The summed E-state index contributed by atoms with van der Waals surface area (Å²) in [5, 5.41) is 13.3. The molecule has 0 atom stereocenters. The van der Waals surface area contributed by atoms with Crippen LogP contribution in [0.2, 0.25) is 0 Å². The molecule has 6 nitrogen and oxygen atoms in total. The molecule has 0 spiro atoms. The van der Waals surface area contributed by atoms with Crippen molar-refractivity contribution in [3.05, 3.63) is 33.4 Å². The number of benzene rings is 1. The number of Topliss-reactive ketones (excluding diaryl/α,β-unsaturated/α-hetero) is 1. The first kappa shape index (κ1) is 13.8. The van der Waals surface area contributed by atoms with Crippen molar-refractivity contribution in [2.24, 2.45) is 0 Å². The minimum Gasteiger partial charge on any atom is -0.325 e. The number of amides is 1. The molecule has 0 saturated carbocycles. The molecule has 0 radical (unpaired) electrons. The third kappa shape index (κ3) is 3.38. The van der Waals surface area contributed by atoms with Crippen molar-refractivity contribution in [3.63, 3.8) is 0 Å². The van der Waals surface area contributed by atoms with Gasteiger partial charge in [-0.2, -0.15) is 0 Å². The molecule has 1 N–H and O–H groups in total. The minimum absolute atomic E-state index is 0.0112. The van der Waals surface area contributed by atoms with Gasteiger partial charge in [0.1, 0.15) is 5.78 Å². The van der Waals surface area contributed by atoms with Gasteiger partial charge in [0.2, 0.25) is 5.91 Å². The van der Waals surface area contributed by atoms with Gasteiger partial charge in [0.15, 0.2) is 0 Å². The van der Waals surface area contributed by atoms with Crippen molar-refractivity contribution in [1.82, 2.24) is 0 Å². The Balaban J connectivity index is 2.98. The minimum atomic E-state index is -0.469. The molecule has 0 aliphatic rings. The maximum absolute atomic E-state index is 11.4. The van der Waals surface area contributed by atoms with E-state index in [0.717, 1.165) is 0 Å². The third-order valence-corrected chi connectivity index (χ3v) is 2.42. The first-order valence-electron chi connectivity index (χ1n) is 5.36. The van der Waals surface area contributed by atoms with Gasteiger partial charge in [-0.15, -0.1) is 0 Å². The molecule has 1 amide bonds. The van der Waals surface area contributed by atoms with Crippen LogP contribution in [0.1, 0.15) is 24.5 Å². The monoisotopic (exact) mass is 250 g/mol. The molecular weight excluding hydrogens is 236 g/mol. The lowest BCUT2D eigenvalue weighted by molar-refractivity contribution is -0.385. The SMILES string of the molecule is CC(=O)CC(=O)Nc1cc(C)c([N+](=O)[O-])cc1C. The van der Waals surface area contributed by atoms with Gasteiger partial charge in [-0.05, 0) is 32.4 Å². The van der Waals surface area contributed by atoms with Crippen molar-refractivity contribution in [2.45, 2.75) is 27.2 Å². The zero-order valence-corrected chi connectivity index (χ0v) is 10.4. The molecule has 0 unspecified atom stereocenters. The van der Waals surface area contributed by atoms with Crippen molar-refractivity contribution < 1.29 is 14.5 Å². The molecule has 6 heteroatoms. The Morgan fingerprint density at radius 1 is 1.28 bits per heavy atom. The quantitative estimate of drug-likeness (QED) is 0.503. The number of nitro benzene ring substituents is 1. The zero-order chi connectivity index (χ0) is 13.9. The van der Waals surface area contributed by atoms with Crippen molar-refractivity contribution in [2.75, 3.05) is 5.32 Å². The summed E-state index contributed by atoms with van der Waals surface area (Å²) in [5.41, 5.74) is 1.55. The van der Waals surface area contributed by atoms with E-state index >= 15 is 0 Å². The van der Waals surface area contributed by atoms with Crippen LogP contribution in [-0.4, -0.2) is 16.6 Å². The number of hydrogen-bond donors (Lipinski definition) is 1. The van der Waals surface area contributed by atoms with E-state index in [2.05, 4.69) is 5.32 Å². The molecule has 0 bridgehead atoms. The predicted molar refractivity (Wildman–Crippen MR) is 66.5 cm³/mol. The Morgan fingerprint density at radius 2 is 1.89 bits per heavy atom. The number of carbonyl (C=O) groups excluding carboxylic acids is 2. The average Bonchev–Trinajstić information content (AvgIpc) is 2.21. The van der Waals surface area contributed by atoms with Crippen LogP contribution < -0.4 is 5.32 Å². The maximum atomic E-state index is 11.4. The van der Waals surface area contributed by atoms with E-state index in [1.165, 1.54) is 19.1 Å². The maximum Gasteiger partial charge on any atom is 0.272 e. The van der Waals surface area contributed by atoms with Gasteiger partial charge in [0, 0.05) is 17.3 Å². The summed E-state index contributed by atoms with van der Waals surface area (Å²) in [6.07, 6.45) is -0.199. The summed E-state index contributed by atoms with van der Waals surface area (Å²) in [6.45, 7) is 4.58. The summed E-state index contributed by atoms with van der Waals surface area (Å²) < 4.78 is 0. The summed E-state index contributed by atoms with van der Waals surface area (Å²) in [5.74, 6) is -0.650. The second-order valence-electron chi connectivity index (χ2n) is 4.14. The molecule has 0 fully saturated rings. The molecule has 18 heavy (non-hydrogen) atoms. The fourth-order valence-electron chi connectivity index (χ4n) is 1.55. The van der Waals surface area contributed by atoms with Gasteiger partial charge < -0.3 is 5.32 Å². The van der Waals surface area contributed by atoms with Crippen LogP contribution in [-0.2, 0) is 9.59 Å². The van der Waals surface area contributed by atoms with Crippen LogP contribution in [0.15, 0.2) is 12.1 Å². The molecule has 0 aliphatic carbocycles. The van der Waals surface area contributed by atoms with E-state index < -0.39 is 10.8 Å². The zero-order valence-electron chi connectivity index (χ0n) is 10.4. The van der Waals surface area contributed by atoms with Gasteiger partial charge in [-0.25, -0.2) is 0 Å². The highest BCUT2D eigenvalue weighted by molar-refractivity contribution is 6.03. The van der Waals surface area contributed by atoms with Gasteiger partial charge >= 0.3 is 0 Å². The lowest BCUT2D eigenvalue weighted by Crippen LogP contribution is -2.15. The van der Waals surface area contributed by atoms with Crippen molar-refractivity contribution in [1.29, 1.82) is 0 Å². The molecule has 0 heterocycles. The van der Waals surface area contributed by atoms with Gasteiger partial charge in [0.25, 0.3) is 5.69 Å².